The van der Waals surface area contributed by atoms with E-state index >= 15 is 0 Å². The van der Waals surface area contributed by atoms with Crippen molar-refractivity contribution in [3.05, 3.63) is 47.6 Å². The van der Waals surface area contributed by atoms with Crippen LogP contribution in [-0.4, -0.2) is 28.0 Å². The summed E-state index contributed by atoms with van der Waals surface area (Å²) in [5.41, 5.74) is 2.09. The number of aromatic nitrogens is 3. The molecule has 28 heavy (non-hydrogen) atoms. The van der Waals surface area contributed by atoms with Gasteiger partial charge in [0.1, 0.15) is 22.3 Å². The van der Waals surface area contributed by atoms with Crippen molar-refractivity contribution in [1.82, 2.24) is 15.0 Å². The Morgan fingerprint density at radius 1 is 0.964 bits per heavy atom. The van der Waals surface area contributed by atoms with Crippen molar-refractivity contribution in [2.24, 2.45) is 0 Å². The summed E-state index contributed by atoms with van der Waals surface area (Å²) in [5, 5.41) is 4.26. The molecule has 0 saturated carbocycles. The third-order valence-corrected chi connectivity index (χ3v) is 5.76. The van der Waals surface area contributed by atoms with E-state index in [2.05, 4.69) is 38.2 Å². The lowest BCUT2D eigenvalue weighted by Crippen LogP contribution is -2.29. The number of anilines is 3. The minimum absolute atomic E-state index is 0. The molecule has 1 fully saturated rings. The van der Waals surface area contributed by atoms with Crippen LogP contribution in [0.25, 0.3) is 10.7 Å². The molecule has 0 unspecified atom stereocenters. The molecule has 1 N–H and O–H groups in total. The van der Waals surface area contributed by atoms with Gasteiger partial charge >= 0.3 is 0 Å². The first kappa shape index (κ1) is 22.4. The first-order chi connectivity index (χ1) is 12.8. The predicted molar refractivity (Wildman–Crippen MR) is 123 cm³/mol. The van der Waals surface area contributed by atoms with E-state index in [1.165, 1.54) is 29.8 Å². The van der Waals surface area contributed by atoms with Gasteiger partial charge in [-0.1, -0.05) is 13.0 Å². The number of halogens is 2. The zero-order valence-corrected chi connectivity index (χ0v) is 18.2. The smallest absolute Gasteiger partial charge is 0.142 e. The Kier molecular flexibility index (Phi) is 8.48. The molecule has 150 valence electrons. The van der Waals surface area contributed by atoms with E-state index in [1.807, 2.05) is 36.7 Å². The zero-order chi connectivity index (χ0) is 17.8. The van der Waals surface area contributed by atoms with Gasteiger partial charge in [0.15, 0.2) is 0 Å². The van der Waals surface area contributed by atoms with Gasteiger partial charge in [-0.25, -0.2) is 15.0 Å². The summed E-state index contributed by atoms with van der Waals surface area (Å²) < 4.78 is 0. The highest BCUT2D eigenvalue weighted by Gasteiger charge is 2.11. The molecule has 0 aliphatic carbocycles. The van der Waals surface area contributed by atoms with Crippen LogP contribution in [0.5, 0.6) is 0 Å². The Hall–Kier alpha value is -1.89. The number of nitrogens with zero attached hydrogens (tertiary/aromatic N) is 4. The molecule has 4 rings (SSSR count). The molecule has 3 aromatic heterocycles. The van der Waals surface area contributed by atoms with E-state index in [0.29, 0.717) is 0 Å². The van der Waals surface area contributed by atoms with E-state index in [0.717, 1.165) is 41.8 Å². The van der Waals surface area contributed by atoms with Crippen LogP contribution >= 0.6 is 36.2 Å². The molecule has 1 aliphatic heterocycles. The summed E-state index contributed by atoms with van der Waals surface area (Å²) in [6.07, 6.45) is 8.77. The lowest BCUT2D eigenvalue weighted by molar-refractivity contribution is 0.577. The van der Waals surface area contributed by atoms with Gasteiger partial charge in [0.2, 0.25) is 0 Å². The Balaban J connectivity index is 0.00000140. The number of rotatable bonds is 5. The zero-order valence-electron chi connectivity index (χ0n) is 15.8. The second-order valence-electron chi connectivity index (χ2n) is 6.47. The molecule has 0 spiro atoms. The molecule has 3 aromatic rings. The van der Waals surface area contributed by atoms with E-state index < -0.39 is 0 Å². The third kappa shape index (κ3) is 5.34. The van der Waals surface area contributed by atoms with Gasteiger partial charge in [0.25, 0.3) is 0 Å². The number of hydrogen-bond acceptors (Lipinski definition) is 6. The van der Waals surface area contributed by atoms with Crippen LogP contribution in [0, 0.1) is 0 Å². The second-order valence-corrected chi connectivity index (χ2v) is 7.58. The summed E-state index contributed by atoms with van der Waals surface area (Å²) >= 11 is 1.70. The molecule has 1 aliphatic rings. The summed E-state index contributed by atoms with van der Waals surface area (Å²) in [6.45, 7) is 4.40. The molecular formula is C20H25Cl2N5S. The fourth-order valence-electron chi connectivity index (χ4n) is 3.14. The number of piperidine rings is 1. The maximum Gasteiger partial charge on any atom is 0.142 e. The molecular weight excluding hydrogens is 413 g/mol. The van der Waals surface area contributed by atoms with E-state index in [1.54, 1.807) is 11.3 Å². The Bertz CT molecular complexity index is 863. The van der Waals surface area contributed by atoms with Crippen molar-refractivity contribution in [2.75, 3.05) is 23.3 Å². The minimum atomic E-state index is 0. The van der Waals surface area contributed by atoms with Crippen LogP contribution in [0.2, 0.25) is 0 Å². The van der Waals surface area contributed by atoms with E-state index in [9.17, 15) is 0 Å². The number of hydrogen-bond donors (Lipinski definition) is 1. The van der Waals surface area contributed by atoms with Crippen molar-refractivity contribution in [1.29, 1.82) is 0 Å². The Labute approximate surface area is 182 Å². The predicted octanol–water partition coefficient (Wildman–Crippen LogP) is 5.74. The van der Waals surface area contributed by atoms with Crippen LogP contribution in [0.3, 0.4) is 0 Å². The van der Waals surface area contributed by atoms with Gasteiger partial charge in [-0.2, -0.15) is 0 Å². The Morgan fingerprint density at radius 3 is 2.46 bits per heavy atom. The third-order valence-electron chi connectivity index (χ3n) is 4.60. The molecule has 4 heterocycles. The summed E-state index contributed by atoms with van der Waals surface area (Å²) in [4.78, 5) is 17.4. The quantitative estimate of drug-likeness (QED) is 0.551. The minimum Gasteiger partial charge on any atom is -0.370 e. The number of pyridine rings is 2. The van der Waals surface area contributed by atoms with Gasteiger partial charge < -0.3 is 10.2 Å². The molecule has 0 bridgehead atoms. The number of nitrogens with one attached hydrogen (secondary N) is 1. The van der Waals surface area contributed by atoms with Crippen LogP contribution in [0.1, 0.15) is 31.1 Å². The first-order valence-corrected chi connectivity index (χ1v) is 10.0. The van der Waals surface area contributed by atoms with Crippen LogP contribution in [0.4, 0.5) is 17.3 Å². The fraction of sp³-hybridized carbons (Fsp3) is 0.350. The van der Waals surface area contributed by atoms with Gasteiger partial charge in [-0.15, -0.1) is 36.2 Å². The molecule has 0 amide bonds. The topological polar surface area (TPSA) is 53.9 Å². The Morgan fingerprint density at radius 2 is 1.79 bits per heavy atom. The maximum absolute atomic E-state index is 4.68. The van der Waals surface area contributed by atoms with Crippen molar-refractivity contribution < 1.29 is 0 Å². The standard InChI is InChI=1S/C20H23N5S.2ClH/c1-2-16-14-22-20(26-16)17-7-6-8-19(23-17)24-18-10-9-15(13-21-18)25-11-4-3-5-12-25;;/h6-10,13-14H,2-5,11-12H2,1H3,(H,21,23,24);2*1H. The summed E-state index contributed by atoms with van der Waals surface area (Å²) in [7, 11) is 0. The van der Waals surface area contributed by atoms with Crippen LogP contribution < -0.4 is 10.2 Å². The second kappa shape index (κ2) is 10.6. The maximum atomic E-state index is 4.68. The van der Waals surface area contributed by atoms with Gasteiger partial charge in [-0.3, -0.25) is 0 Å². The average Bonchev–Trinajstić information content (AvgIpc) is 3.19. The highest BCUT2D eigenvalue weighted by molar-refractivity contribution is 7.15. The first-order valence-electron chi connectivity index (χ1n) is 9.22. The highest BCUT2D eigenvalue weighted by atomic mass is 35.5. The molecule has 5 nitrogen and oxygen atoms in total. The van der Waals surface area contributed by atoms with Crippen LogP contribution in [-0.2, 0) is 6.42 Å². The van der Waals surface area contributed by atoms with Gasteiger partial charge in [-0.05, 0) is 49.9 Å². The lowest BCUT2D eigenvalue weighted by Gasteiger charge is -2.28. The largest absolute Gasteiger partial charge is 0.370 e. The van der Waals surface area contributed by atoms with Crippen molar-refractivity contribution in [3.63, 3.8) is 0 Å². The average molecular weight is 438 g/mol. The van der Waals surface area contributed by atoms with Crippen molar-refractivity contribution in [2.45, 2.75) is 32.6 Å². The lowest BCUT2D eigenvalue weighted by atomic mass is 10.1. The molecule has 0 atom stereocenters. The number of aryl methyl sites for hydroxylation is 1. The summed E-state index contributed by atoms with van der Waals surface area (Å²) in [5.74, 6) is 1.60. The van der Waals surface area contributed by atoms with Gasteiger partial charge in [0.05, 0.1) is 11.9 Å². The monoisotopic (exact) mass is 437 g/mol. The molecule has 8 heteroatoms. The highest BCUT2D eigenvalue weighted by Crippen LogP contribution is 2.26. The SMILES string of the molecule is CCc1cnc(-c2cccc(Nc3ccc(N4CCCCC4)cn3)n2)s1.Cl.Cl. The normalized spacial score (nSPS) is 13.4. The summed E-state index contributed by atoms with van der Waals surface area (Å²) in [6, 6.07) is 10.1. The van der Waals surface area contributed by atoms with E-state index in [-0.39, 0.29) is 24.8 Å². The van der Waals surface area contributed by atoms with Crippen molar-refractivity contribution >= 4 is 53.5 Å². The van der Waals surface area contributed by atoms with Crippen molar-refractivity contribution in [3.8, 4) is 10.7 Å². The van der Waals surface area contributed by atoms with Crippen LogP contribution in [0.15, 0.2) is 42.7 Å². The number of thiazole rings is 1. The molecule has 0 aromatic carbocycles. The van der Waals surface area contributed by atoms with Gasteiger partial charge in [0, 0.05) is 24.2 Å². The fourth-order valence-corrected chi connectivity index (χ4v) is 3.96. The molecule has 1 saturated heterocycles. The van der Waals surface area contributed by atoms with E-state index in [4.69, 9.17) is 0 Å². The molecule has 0 radical (unpaired) electrons.